The van der Waals surface area contributed by atoms with Gasteiger partial charge in [-0.3, -0.25) is 5.32 Å². The third-order valence-corrected chi connectivity index (χ3v) is 2.95. The summed E-state index contributed by atoms with van der Waals surface area (Å²) >= 11 is 0. The van der Waals surface area contributed by atoms with Crippen molar-refractivity contribution in [3.63, 3.8) is 0 Å². The minimum atomic E-state index is -1.57. The second-order valence-corrected chi connectivity index (χ2v) is 4.72. The molecule has 1 unspecified atom stereocenters. The van der Waals surface area contributed by atoms with Crippen molar-refractivity contribution in [3.8, 4) is 11.8 Å². The van der Waals surface area contributed by atoms with Crippen molar-refractivity contribution in [2.75, 3.05) is 13.2 Å². The Morgan fingerprint density at radius 1 is 1.24 bits per heavy atom. The predicted octanol–water partition coefficient (Wildman–Crippen LogP) is 3.29. The SMILES string of the molecule is CCNC(C)(C#N)CCCOc1c(F)c(F)cc(F)c1F. The van der Waals surface area contributed by atoms with Gasteiger partial charge in [0.05, 0.1) is 12.7 Å². The highest BCUT2D eigenvalue weighted by Gasteiger charge is 2.23. The van der Waals surface area contributed by atoms with Crippen LogP contribution in [0.15, 0.2) is 6.07 Å². The number of halogens is 4. The van der Waals surface area contributed by atoms with E-state index in [0.29, 0.717) is 13.0 Å². The fourth-order valence-electron chi connectivity index (χ4n) is 1.85. The van der Waals surface area contributed by atoms with Gasteiger partial charge in [0.1, 0.15) is 5.54 Å². The summed E-state index contributed by atoms with van der Waals surface area (Å²) in [4.78, 5) is 0. The number of nitrogens with zero attached hydrogens (tertiary/aromatic N) is 1. The van der Waals surface area contributed by atoms with Crippen molar-refractivity contribution >= 4 is 0 Å². The molecule has 3 nitrogen and oxygen atoms in total. The summed E-state index contributed by atoms with van der Waals surface area (Å²) in [6.07, 6.45) is 0.645. The second-order valence-electron chi connectivity index (χ2n) is 4.72. The summed E-state index contributed by atoms with van der Waals surface area (Å²) in [5, 5.41) is 12.0. The molecule has 0 aliphatic carbocycles. The van der Waals surface area contributed by atoms with Gasteiger partial charge < -0.3 is 4.74 Å². The molecule has 0 aliphatic rings. The number of hydrogen-bond acceptors (Lipinski definition) is 3. The molecule has 0 spiro atoms. The van der Waals surface area contributed by atoms with E-state index in [0.717, 1.165) is 0 Å². The molecule has 0 amide bonds. The van der Waals surface area contributed by atoms with Gasteiger partial charge in [0.2, 0.25) is 11.6 Å². The lowest BCUT2D eigenvalue weighted by molar-refractivity contribution is 0.253. The summed E-state index contributed by atoms with van der Waals surface area (Å²) in [5.74, 6) is -7.24. The van der Waals surface area contributed by atoms with Crippen LogP contribution < -0.4 is 10.1 Å². The summed E-state index contributed by atoms with van der Waals surface area (Å²) < 4.78 is 57.3. The molecule has 7 heteroatoms. The molecule has 0 bridgehead atoms. The number of nitrogens with one attached hydrogen (secondary N) is 1. The molecule has 1 rings (SSSR count). The lowest BCUT2D eigenvalue weighted by Crippen LogP contribution is -2.40. The predicted molar refractivity (Wildman–Crippen MR) is 68.7 cm³/mol. The third-order valence-electron chi connectivity index (χ3n) is 2.95. The molecule has 0 saturated heterocycles. The highest BCUT2D eigenvalue weighted by molar-refractivity contribution is 5.28. The van der Waals surface area contributed by atoms with E-state index < -0.39 is 34.6 Å². The Balaban J connectivity index is 2.64. The van der Waals surface area contributed by atoms with Crippen LogP contribution in [0.25, 0.3) is 0 Å². The van der Waals surface area contributed by atoms with Gasteiger partial charge in [0.25, 0.3) is 0 Å². The lowest BCUT2D eigenvalue weighted by Gasteiger charge is -2.22. The minimum absolute atomic E-state index is 0.120. The number of rotatable bonds is 7. The lowest BCUT2D eigenvalue weighted by atomic mass is 9.98. The Bertz CT molecular complexity index is 519. The van der Waals surface area contributed by atoms with E-state index in [4.69, 9.17) is 10.00 Å². The van der Waals surface area contributed by atoms with Gasteiger partial charge in [-0.15, -0.1) is 0 Å². The maximum Gasteiger partial charge on any atom is 0.203 e. The van der Waals surface area contributed by atoms with E-state index in [1.807, 2.05) is 6.92 Å². The average Bonchev–Trinajstić information content (AvgIpc) is 2.45. The molecule has 0 heterocycles. The molecule has 21 heavy (non-hydrogen) atoms. The Morgan fingerprint density at radius 2 is 1.81 bits per heavy atom. The highest BCUT2D eigenvalue weighted by atomic mass is 19.2. The standard InChI is InChI=1S/C14H16F4N2O/c1-3-20-14(2,8-19)5-4-6-21-13-11(17)9(15)7-10(16)12(13)18/h7,20H,3-6H2,1-2H3. The first-order chi connectivity index (χ1) is 9.84. The number of ether oxygens (including phenoxy) is 1. The van der Waals surface area contributed by atoms with Crippen LogP contribution in [0.5, 0.6) is 5.75 Å². The maximum absolute atomic E-state index is 13.3. The van der Waals surface area contributed by atoms with Gasteiger partial charge in [0, 0.05) is 6.07 Å². The summed E-state index contributed by atoms with van der Waals surface area (Å²) in [5.41, 5.74) is -0.789. The summed E-state index contributed by atoms with van der Waals surface area (Å²) in [6, 6.07) is 2.20. The highest BCUT2D eigenvalue weighted by Crippen LogP contribution is 2.26. The van der Waals surface area contributed by atoms with E-state index in [1.165, 1.54) is 0 Å². The smallest absolute Gasteiger partial charge is 0.203 e. The first-order valence-corrected chi connectivity index (χ1v) is 6.46. The molecule has 1 atom stereocenters. The van der Waals surface area contributed by atoms with E-state index in [2.05, 4.69) is 11.4 Å². The van der Waals surface area contributed by atoms with Crippen molar-refractivity contribution in [1.29, 1.82) is 5.26 Å². The topological polar surface area (TPSA) is 45.0 Å². The van der Waals surface area contributed by atoms with Crippen molar-refractivity contribution in [1.82, 2.24) is 5.32 Å². The second kappa shape index (κ2) is 7.27. The Labute approximate surface area is 120 Å². The van der Waals surface area contributed by atoms with Gasteiger partial charge in [-0.2, -0.15) is 14.0 Å². The maximum atomic E-state index is 13.3. The van der Waals surface area contributed by atoms with Crippen LogP contribution in [0.1, 0.15) is 26.7 Å². The first kappa shape index (κ1) is 17.2. The van der Waals surface area contributed by atoms with E-state index in [-0.39, 0.29) is 19.1 Å². The van der Waals surface area contributed by atoms with Crippen LogP contribution in [0, 0.1) is 34.6 Å². The molecule has 1 aromatic carbocycles. The Hall–Kier alpha value is -1.81. The molecule has 0 aromatic heterocycles. The molecule has 116 valence electrons. The molecule has 0 saturated carbocycles. The molecule has 1 aromatic rings. The van der Waals surface area contributed by atoms with E-state index in [1.54, 1.807) is 6.92 Å². The quantitative estimate of drug-likeness (QED) is 0.477. The van der Waals surface area contributed by atoms with Crippen LogP contribution in [-0.2, 0) is 0 Å². The van der Waals surface area contributed by atoms with Crippen molar-refractivity contribution < 1.29 is 22.3 Å². The van der Waals surface area contributed by atoms with E-state index in [9.17, 15) is 17.6 Å². The average molecular weight is 304 g/mol. The molecule has 0 fully saturated rings. The zero-order valence-corrected chi connectivity index (χ0v) is 11.8. The van der Waals surface area contributed by atoms with Crippen LogP contribution in [-0.4, -0.2) is 18.7 Å². The number of hydrogen-bond donors (Lipinski definition) is 1. The van der Waals surface area contributed by atoms with Gasteiger partial charge in [-0.25, -0.2) is 8.78 Å². The summed E-state index contributed by atoms with van der Waals surface area (Å²) in [7, 11) is 0. The Kier molecular flexibility index (Phi) is 5.97. The van der Waals surface area contributed by atoms with Gasteiger partial charge in [-0.1, -0.05) is 6.92 Å². The van der Waals surface area contributed by atoms with Gasteiger partial charge >= 0.3 is 0 Å². The molecule has 1 N–H and O–H groups in total. The van der Waals surface area contributed by atoms with Gasteiger partial charge in [-0.05, 0) is 26.3 Å². The van der Waals surface area contributed by atoms with Crippen molar-refractivity contribution in [2.45, 2.75) is 32.2 Å². The van der Waals surface area contributed by atoms with Crippen molar-refractivity contribution in [3.05, 3.63) is 29.3 Å². The molecular formula is C14H16F4N2O. The largest absolute Gasteiger partial charge is 0.487 e. The fourth-order valence-corrected chi connectivity index (χ4v) is 1.85. The van der Waals surface area contributed by atoms with Crippen LogP contribution in [0.3, 0.4) is 0 Å². The Morgan fingerprint density at radius 3 is 2.29 bits per heavy atom. The molecular weight excluding hydrogens is 288 g/mol. The van der Waals surface area contributed by atoms with Crippen molar-refractivity contribution in [2.24, 2.45) is 0 Å². The van der Waals surface area contributed by atoms with Crippen LogP contribution >= 0.6 is 0 Å². The zero-order chi connectivity index (χ0) is 16.0. The normalized spacial score (nSPS) is 13.6. The zero-order valence-electron chi connectivity index (χ0n) is 11.8. The fraction of sp³-hybridized carbons (Fsp3) is 0.500. The minimum Gasteiger partial charge on any atom is -0.487 e. The molecule has 0 aliphatic heterocycles. The van der Waals surface area contributed by atoms with Crippen LogP contribution in [0.2, 0.25) is 0 Å². The monoisotopic (exact) mass is 304 g/mol. The third kappa shape index (κ3) is 4.33. The van der Waals surface area contributed by atoms with Gasteiger partial charge in [0.15, 0.2) is 17.4 Å². The van der Waals surface area contributed by atoms with E-state index >= 15 is 0 Å². The van der Waals surface area contributed by atoms with Crippen LogP contribution in [0.4, 0.5) is 17.6 Å². The first-order valence-electron chi connectivity index (χ1n) is 6.46. The molecule has 0 radical (unpaired) electrons. The number of benzene rings is 1. The number of nitriles is 1. The summed E-state index contributed by atoms with van der Waals surface area (Å²) in [6.45, 7) is 3.94.